The molecule has 0 spiro atoms. The summed E-state index contributed by atoms with van der Waals surface area (Å²) in [6.45, 7) is 0.512. The first-order valence-electron chi connectivity index (χ1n) is 6.78. The molecule has 1 unspecified atom stereocenters. The number of pyridine rings is 1. The third-order valence-corrected chi connectivity index (χ3v) is 5.25. The van der Waals surface area contributed by atoms with E-state index >= 15 is 0 Å². The molecule has 106 valence electrons. The molecule has 1 aliphatic rings. The molecular formula is C14H20Br2N2O. The third-order valence-electron chi connectivity index (χ3n) is 4.18. The minimum Gasteiger partial charge on any atom is -0.386 e. The van der Waals surface area contributed by atoms with Crippen molar-refractivity contribution in [3.63, 3.8) is 0 Å². The molecule has 0 bridgehead atoms. The zero-order chi connectivity index (χ0) is 13.9. The highest BCUT2D eigenvalue weighted by Crippen LogP contribution is 2.45. The number of hydrogen-bond acceptors (Lipinski definition) is 3. The molecule has 19 heavy (non-hydrogen) atoms. The smallest absolute Gasteiger partial charge is 0.104 e. The minimum absolute atomic E-state index is 0.222. The number of nitrogens with zero attached hydrogens (tertiary/aromatic N) is 1. The van der Waals surface area contributed by atoms with Crippen molar-refractivity contribution < 1.29 is 5.11 Å². The van der Waals surface area contributed by atoms with Gasteiger partial charge in [-0.2, -0.15) is 0 Å². The van der Waals surface area contributed by atoms with Crippen molar-refractivity contribution in [2.24, 2.45) is 11.1 Å². The molecule has 1 aromatic heterocycles. The second-order valence-corrected chi connectivity index (χ2v) is 7.17. The molecule has 0 aromatic carbocycles. The fourth-order valence-electron chi connectivity index (χ4n) is 2.94. The highest BCUT2D eigenvalue weighted by atomic mass is 79.9. The van der Waals surface area contributed by atoms with Crippen LogP contribution in [-0.4, -0.2) is 16.6 Å². The lowest BCUT2D eigenvalue weighted by molar-refractivity contribution is 0.0130. The number of nitrogens with two attached hydrogens (primary N) is 1. The van der Waals surface area contributed by atoms with E-state index in [1.807, 2.05) is 6.07 Å². The van der Waals surface area contributed by atoms with Crippen LogP contribution in [0.15, 0.2) is 21.2 Å². The molecule has 2 rings (SSSR count). The van der Waals surface area contributed by atoms with Gasteiger partial charge in [0.15, 0.2) is 0 Å². The quantitative estimate of drug-likeness (QED) is 0.767. The summed E-state index contributed by atoms with van der Waals surface area (Å²) in [6.07, 6.45) is 7.85. The Balaban J connectivity index is 2.31. The maximum Gasteiger partial charge on any atom is 0.104 e. The van der Waals surface area contributed by atoms with Gasteiger partial charge in [0.05, 0.1) is 5.69 Å². The lowest BCUT2D eigenvalue weighted by Crippen LogP contribution is -2.37. The van der Waals surface area contributed by atoms with Gasteiger partial charge in [-0.05, 0) is 50.8 Å². The fraction of sp³-hybridized carbons (Fsp3) is 0.643. The number of rotatable bonds is 3. The topological polar surface area (TPSA) is 59.1 Å². The van der Waals surface area contributed by atoms with Gasteiger partial charge in [-0.3, -0.25) is 4.98 Å². The van der Waals surface area contributed by atoms with E-state index in [0.29, 0.717) is 12.2 Å². The molecule has 0 aliphatic heterocycles. The van der Waals surface area contributed by atoms with Gasteiger partial charge in [-0.1, -0.05) is 25.7 Å². The molecule has 1 saturated carbocycles. The predicted octanol–water partition coefficient (Wildman–Crippen LogP) is 3.94. The van der Waals surface area contributed by atoms with Gasteiger partial charge in [0.25, 0.3) is 0 Å². The van der Waals surface area contributed by atoms with E-state index in [-0.39, 0.29) is 5.41 Å². The number of halogens is 2. The van der Waals surface area contributed by atoms with E-state index in [4.69, 9.17) is 5.73 Å². The van der Waals surface area contributed by atoms with Gasteiger partial charge in [0.1, 0.15) is 6.10 Å². The highest BCUT2D eigenvalue weighted by molar-refractivity contribution is 9.11. The van der Waals surface area contributed by atoms with Gasteiger partial charge in [0.2, 0.25) is 0 Å². The molecule has 3 nitrogen and oxygen atoms in total. The van der Waals surface area contributed by atoms with Crippen molar-refractivity contribution in [2.75, 3.05) is 6.54 Å². The Morgan fingerprint density at radius 2 is 1.89 bits per heavy atom. The summed E-state index contributed by atoms with van der Waals surface area (Å²) in [7, 11) is 0. The second-order valence-electron chi connectivity index (χ2n) is 5.40. The van der Waals surface area contributed by atoms with E-state index in [1.54, 1.807) is 6.20 Å². The maximum atomic E-state index is 10.8. The van der Waals surface area contributed by atoms with Crippen LogP contribution < -0.4 is 5.73 Å². The number of aliphatic hydroxyl groups is 1. The molecule has 1 heterocycles. The van der Waals surface area contributed by atoms with E-state index < -0.39 is 6.10 Å². The summed E-state index contributed by atoms with van der Waals surface area (Å²) in [4.78, 5) is 4.38. The van der Waals surface area contributed by atoms with Gasteiger partial charge in [-0.15, -0.1) is 0 Å². The van der Waals surface area contributed by atoms with Crippen molar-refractivity contribution in [3.05, 3.63) is 26.9 Å². The van der Waals surface area contributed by atoms with Crippen LogP contribution in [0.4, 0.5) is 0 Å². The first kappa shape index (κ1) is 15.4. The normalized spacial score (nSPS) is 20.8. The van der Waals surface area contributed by atoms with Crippen molar-refractivity contribution >= 4 is 31.9 Å². The summed E-state index contributed by atoms with van der Waals surface area (Å²) in [5.74, 6) is 0. The van der Waals surface area contributed by atoms with Crippen LogP contribution in [0.2, 0.25) is 0 Å². The average molecular weight is 392 g/mol. The van der Waals surface area contributed by atoms with Crippen molar-refractivity contribution in [3.8, 4) is 0 Å². The first-order chi connectivity index (χ1) is 9.09. The van der Waals surface area contributed by atoms with E-state index in [0.717, 1.165) is 34.6 Å². The number of aromatic nitrogens is 1. The molecule has 1 fully saturated rings. The van der Waals surface area contributed by atoms with Crippen LogP contribution >= 0.6 is 31.9 Å². The Hall–Kier alpha value is 0.0300. The van der Waals surface area contributed by atoms with Crippen LogP contribution in [0, 0.1) is 5.41 Å². The molecule has 3 N–H and O–H groups in total. The fourth-order valence-corrected chi connectivity index (χ4v) is 4.14. The summed E-state index contributed by atoms with van der Waals surface area (Å²) in [5.41, 5.74) is 6.50. The molecular weight excluding hydrogens is 372 g/mol. The molecule has 0 saturated heterocycles. The van der Waals surface area contributed by atoms with Crippen LogP contribution in [-0.2, 0) is 0 Å². The standard InChI is InChI=1S/C14H20Br2N2O/c15-10-7-11(16)12(18-8-10)13(19)14(9-17)5-3-1-2-4-6-14/h7-8,13,19H,1-6,9,17H2. The highest BCUT2D eigenvalue weighted by Gasteiger charge is 2.39. The maximum absolute atomic E-state index is 10.8. The molecule has 5 heteroatoms. The monoisotopic (exact) mass is 390 g/mol. The summed E-state index contributed by atoms with van der Waals surface area (Å²) in [5, 5.41) is 10.8. The SMILES string of the molecule is NCC1(C(O)c2ncc(Br)cc2Br)CCCCCC1. The van der Waals surface area contributed by atoms with Gasteiger partial charge in [0, 0.05) is 27.1 Å². The van der Waals surface area contributed by atoms with Crippen LogP contribution in [0.25, 0.3) is 0 Å². The van der Waals surface area contributed by atoms with Gasteiger partial charge in [-0.25, -0.2) is 0 Å². The lowest BCUT2D eigenvalue weighted by Gasteiger charge is -2.36. The zero-order valence-electron chi connectivity index (χ0n) is 10.9. The van der Waals surface area contributed by atoms with Gasteiger partial charge < -0.3 is 10.8 Å². The molecule has 1 aliphatic carbocycles. The Morgan fingerprint density at radius 3 is 2.42 bits per heavy atom. The Bertz CT molecular complexity index is 431. The summed E-state index contributed by atoms with van der Waals surface area (Å²) in [6, 6.07) is 1.92. The Morgan fingerprint density at radius 1 is 1.26 bits per heavy atom. The van der Waals surface area contributed by atoms with E-state index in [9.17, 15) is 5.11 Å². The van der Waals surface area contributed by atoms with Crippen LogP contribution in [0.5, 0.6) is 0 Å². The summed E-state index contributed by atoms with van der Waals surface area (Å²) >= 11 is 6.88. The largest absolute Gasteiger partial charge is 0.386 e. The van der Waals surface area contributed by atoms with E-state index in [2.05, 4.69) is 36.8 Å². The molecule has 1 aromatic rings. The molecule has 0 amide bonds. The minimum atomic E-state index is -0.599. The average Bonchev–Trinajstić information content (AvgIpc) is 2.64. The molecule has 0 radical (unpaired) electrons. The lowest BCUT2D eigenvalue weighted by atomic mass is 9.74. The van der Waals surface area contributed by atoms with Crippen LogP contribution in [0.1, 0.15) is 50.3 Å². The van der Waals surface area contributed by atoms with Crippen molar-refractivity contribution in [1.29, 1.82) is 0 Å². The number of aliphatic hydroxyl groups excluding tert-OH is 1. The zero-order valence-corrected chi connectivity index (χ0v) is 14.1. The van der Waals surface area contributed by atoms with Crippen molar-refractivity contribution in [1.82, 2.24) is 4.98 Å². The Labute approximate surface area is 131 Å². The third kappa shape index (κ3) is 3.38. The predicted molar refractivity (Wildman–Crippen MR) is 83.8 cm³/mol. The number of hydrogen-bond donors (Lipinski definition) is 2. The van der Waals surface area contributed by atoms with Gasteiger partial charge >= 0.3 is 0 Å². The second kappa shape index (κ2) is 6.66. The van der Waals surface area contributed by atoms with Crippen LogP contribution in [0.3, 0.4) is 0 Å². The van der Waals surface area contributed by atoms with Crippen molar-refractivity contribution in [2.45, 2.75) is 44.6 Å². The molecule has 1 atom stereocenters. The van der Waals surface area contributed by atoms with E-state index in [1.165, 1.54) is 12.8 Å². The summed E-state index contributed by atoms with van der Waals surface area (Å²) < 4.78 is 1.74. The first-order valence-corrected chi connectivity index (χ1v) is 8.37. The Kier molecular flexibility index (Phi) is 5.40.